The van der Waals surface area contributed by atoms with Crippen molar-refractivity contribution < 1.29 is 14.3 Å². The van der Waals surface area contributed by atoms with Crippen molar-refractivity contribution in [3.8, 4) is 0 Å². The summed E-state index contributed by atoms with van der Waals surface area (Å²) in [6.07, 6.45) is 2.76. The molecule has 0 N–H and O–H groups in total. The van der Waals surface area contributed by atoms with E-state index in [1.807, 2.05) is 0 Å². The molecule has 0 aromatic heterocycles. The van der Waals surface area contributed by atoms with E-state index < -0.39 is 0 Å². The second-order valence-electron chi connectivity index (χ2n) is 2.56. The van der Waals surface area contributed by atoms with Gasteiger partial charge in [0, 0.05) is 29.5 Å². The number of esters is 1. The van der Waals surface area contributed by atoms with Crippen molar-refractivity contribution in [3.05, 3.63) is 12.7 Å². The molecule has 0 aliphatic carbocycles. The van der Waals surface area contributed by atoms with Crippen LogP contribution < -0.4 is 0 Å². The third kappa shape index (κ3) is 6.12. The quantitative estimate of drug-likeness (QED) is 0.330. The van der Waals surface area contributed by atoms with E-state index in [0.717, 1.165) is 16.7 Å². The smallest absolute Gasteiger partial charge is 0.306 e. The molecule has 0 aliphatic rings. The predicted octanol–water partition coefficient (Wildman–Crippen LogP) is -0.166. The average molecular weight is 188 g/mol. The van der Waals surface area contributed by atoms with Gasteiger partial charge in [-0.15, -0.1) is 0 Å². The first-order chi connectivity index (χ1) is 5.70. The summed E-state index contributed by atoms with van der Waals surface area (Å²) in [6, 6.07) is 0. The van der Waals surface area contributed by atoms with E-state index in [1.165, 1.54) is 0 Å². The Morgan fingerprint density at radius 2 is 2.42 bits per heavy atom. The van der Waals surface area contributed by atoms with Crippen molar-refractivity contribution in [2.75, 3.05) is 13.7 Å². The Hall–Kier alpha value is -0.613. The lowest BCUT2D eigenvalue weighted by Gasteiger charge is -2.07. The van der Waals surface area contributed by atoms with Gasteiger partial charge in [0.1, 0.15) is 6.61 Å². The summed E-state index contributed by atoms with van der Waals surface area (Å²) < 4.78 is 9.83. The number of carbonyl (C=O) groups excluding carboxylic acids is 1. The highest BCUT2D eigenvalue weighted by Crippen LogP contribution is 1.98. The van der Waals surface area contributed by atoms with Gasteiger partial charge in [-0.05, 0) is 6.42 Å². The van der Waals surface area contributed by atoms with Crippen LogP contribution in [0.3, 0.4) is 0 Å². The molecule has 0 aliphatic heterocycles. The van der Waals surface area contributed by atoms with E-state index in [0.29, 0.717) is 13.0 Å². The van der Waals surface area contributed by atoms with Gasteiger partial charge in [0.2, 0.25) is 0 Å². The van der Waals surface area contributed by atoms with E-state index in [-0.39, 0.29) is 11.7 Å². The van der Waals surface area contributed by atoms with Crippen LogP contribution in [-0.2, 0) is 14.3 Å². The fraction of sp³-hybridized carbons (Fsp3) is 0.625. The van der Waals surface area contributed by atoms with Crippen LogP contribution >= 0.6 is 0 Å². The van der Waals surface area contributed by atoms with Crippen LogP contribution in [0.2, 0.25) is 0 Å². The highest BCUT2D eigenvalue weighted by Gasteiger charge is 2.05. The summed E-state index contributed by atoms with van der Waals surface area (Å²) in [5, 5.41) is 0. The zero-order valence-corrected chi connectivity index (χ0v) is 9.71. The first kappa shape index (κ1) is 11.4. The molecule has 4 heteroatoms. The van der Waals surface area contributed by atoms with Crippen molar-refractivity contribution in [1.29, 1.82) is 0 Å². The van der Waals surface area contributed by atoms with Gasteiger partial charge < -0.3 is 9.47 Å². The van der Waals surface area contributed by atoms with Crippen molar-refractivity contribution >= 4 is 16.2 Å². The van der Waals surface area contributed by atoms with E-state index >= 15 is 0 Å². The maximum atomic E-state index is 10.9. The Morgan fingerprint density at radius 3 is 2.92 bits per heavy atom. The minimum atomic E-state index is -0.173. The minimum Gasteiger partial charge on any atom is -0.461 e. The summed E-state index contributed by atoms with van der Waals surface area (Å²) in [7, 11) is 2.61. The largest absolute Gasteiger partial charge is 0.461 e. The van der Waals surface area contributed by atoms with Gasteiger partial charge in [-0.2, -0.15) is 0 Å². The van der Waals surface area contributed by atoms with Crippen molar-refractivity contribution in [2.45, 2.75) is 18.6 Å². The summed E-state index contributed by atoms with van der Waals surface area (Å²) in [5.74, 6) is -0.173. The number of hydrogen-bond acceptors (Lipinski definition) is 3. The van der Waals surface area contributed by atoms with Gasteiger partial charge in [0.05, 0.1) is 0 Å². The van der Waals surface area contributed by atoms with E-state index in [9.17, 15) is 4.79 Å². The molecule has 0 bridgehead atoms. The van der Waals surface area contributed by atoms with Gasteiger partial charge in [0.15, 0.2) is 0 Å². The van der Waals surface area contributed by atoms with Crippen LogP contribution in [-0.4, -0.2) is 35.7 Å². The molecule has 0 rings (SSSR count). The maximum Gasteiger partial charge on any atom is 0.306 e. The van der Waals surface area contributed by atoms with Gasteiger partial charge in [-0.25, -0.2) is 0 Å². The molecule has 70 valence electrons. The predicted molar refractivity (Wildman–Crippen MR) is 51.1 cm³/mol. The molecule has 1 atom stereocenters. The molecule has 0 saturated heterocycles. The maximum absolute atomic E-state index is 10.9. The molecule has 0 aromatic carbocycles. The highest BCUT2D eigenvalue weighted by atomic mass is 28.1. The van der Waals surface area contributed by atoms with E-state index in [2.05, 4.69) is 6.58 Å². The molecule has 1 unspecified atom stereocenters. The SMILES string of the molecule is C=CCOC(=O)CCC([SiH3])OC. The Balaban J connectivity index is 3.36. The van der Waals surface area contributed by atoms with Gasteiger partial charge in [-0.3, -0.25) is 4.79 Å². The van der Waals surface area contributed by atoms with Crippen LogP contribution in [0.1, 0.15) is 12.8 Å². The van der Waals surface area contributed by atoms with Crippen LogP contribution in [0, 0.1) is 0 Å². The Labute approximate surface area is 76.2 Å². The van der Waals surface area contributed by atoms with Crippen LogP contribution in [0.4, 0.5) is 0 Å². The van der Waals surface area contributed by atoms with Gasteiger partial charge in [-0.1, -0.05) is 12.7 Å². The molecule has 0 saturated carbocycles. The fourth-order valence-electron chi connectivity index (χ4n) is 0.663. The zero-order chi connectivity index (χ0) is 9.40. The normalized spacial score (nSPS) is 12.4. The molecule has 12 heavy (non-hydrogen) atoms. The van der Waals surface area contributed by atoms with Crippen molar-refractivity contribution in [3.63, 3.8) is 0 Å². The minimum absolute atomic E-state index is 0.173. The number of ether oxygens (including phenoxy) is 2. The molecular formula is C8H16O3Si. The van der Waals surface area contributed by atoms with Crippen molar-refractivity contribution in [2.24, 2.45) is 0 Å². The Kier molecular flexibility index (Phi) is 6.70. The Bertz CT molecular complexity index is 147. The first-order valence-corrected chi connectivity index (χ1v) is 5.15. The van der Waals surface area contributed by atoms with Crippen LogP contribution in [0.15, 0.2) is 12.7 Å². The lowest BCUT2D eigenvalue weighted by molar-refractivity contribution is -0.142. The van der Waals surface area contributed by atoms with Gasteiger partial charge >= 0.3 is 5.97 Å². The first-order valence-electron chi connectivity index (χ1n) is 4.00. The Morgan fingerprint density at radius 1 is 1.75 bits per heavy atom. The second-order valence-corrected chi connectivity index (χ2v) is 3.84. The monoisotopic (exact) mass is 188 g/mol. The average Bonchev–Trinajstić information content (AvgIpc) is 2.10. The number of methoxy groups -OCH3 is 1. The molecule has 0 amide bonds. The second kappa shape index (κ2) is 7.06. The third-order valence-corrected chi connectivity index (χ3v) is 2.57. The van der Waals surface area contributed by atoms with Crippen LogP contribution in [0.5, 0.6) is 0 Å². The topological polar surface area (TPSA) is 35.5 Å². The third-order valence-electron chi connectivity index (χ3n) is 1.52. The van der Waals surface area contributed by atoms with Crippen LogP contribution in [0.25, 0.3) is 0 Å². The summed E-state index contributed by atoms with van der Waals surface area (Å²) >= 11 is 0. The zero-order valence-electron chi connectivity index (χ0n) is 7.71. The van der Waals surface area contributed by atoms with Crippen molar-refractivity contribution in [1.82, 2.24) is 0 Å². The fourth-order valence-corrected chi connectivity index (χ4v) is 0.952. The lowest BCUT2D eigenvalue weighted by Crippen LogP contribution is -2.13. The number of hydrogen-bond donors (Lipinski definition) is 0. The molecular weight excluding hydrogens is 172 g/mol. The van der Waals surface area contributed by atoms with E-state index in [4.69, 9.17) is 9.47 Å². The highest BCUT2D eigenvalue weighted by molar-refractivity contribution is 6.11. The summed E-state index contributed by atoms with van der Waals surface area (Å²) in [6.45, 7) is 3.75. The molecule has 0 spiro atoms. The summed E-state index contributed by atoms with van der Waals surface area (Å²) in [5.41, 5.74) is 0.251. The standard InChI is InChI=1S/C8H16O3Si/c1-3-6-11-7(9)4-5-8(12)10-2/h3,8H,1,4-6H2,2,12H3. The van der Waals surface area contributed by atoms with Gasteiger partial charge in [0.25, 0.3) is 0 Å². The molecule has 0 heterocycles. The molecule has 0 radical (unpaired) electrons. The number of carbonyl (C=O) groups is 1. The number of rotatable bonds is 6. The molecule has 0 aromatic rings. The molecule has 0 fully saturated rings. The van der Waals surface area contributed by atoms with E-state index in [1.54, 1.807) is 13.2 Å². The molecule has 3 nitrogen and oxygen atoms in total. The summed E-state index contributed by atoms with van der Waals surface area (Å²) in [4.78, 5) is 10.9. The lowest BCUT2D eigenvalue weighted by atomic mass is 10.3.